The maximum Gasteiger partial charge on any atom is 0.128 e. The minimum atomic E-state index is 0.220. The molecule has 0 spiro atoms. The van der Waals surface area contributed by atoms with Crippen molar-refractivity contribution in [3.63, 3.8) is 0 Å². The molecule has 2 unspecified atom stereocenters. The van der Waals surface area contributed by atoms with Gasteiger partial charge in [-0.05, 0) is 41.3 Å². The van der Waals surface area contributed by atoms with Crippen LogP contribution in [-0.2, 0) is 0 Å². The van der Waals surface area contributed by atoms with Gasteiger partial charge in [-0.15, -0.1) is 11.8 Å². The van der Waals surface area contributed by atoms with E-state index in [0.717, 1.165) is 22.7 Å². The van der Waals surface area contributed by atoms with Gasteiger partial charge in [0.2, 0.25) is 0 Å². The summed E-state index contributed by atoms with van der Waals surface area (Å²) >= 11 is 1.91. The van der Waals surface area contributed by atoms with Gasteiger partial charge in [0.05, 0.1) is 23.9 Å². The highest BCUT2D eigenvalue weighted by Gasteiger charge is 2.37. The smallest absolute Gasteiger partial charge is 0.128 e. The van der Waals surface area contributed by atoms with Crippen molar-refractivity contribution in [2.24, 2.45) is 10.9 Å². The van der Waals surface area contributed by atoms with Gasteiger partial charge in [-0.3, -0.25) is 4.99 Å². The quantitative estimate of drug-likeness (QED) is 0.484. The van der Waals surface area contributed by atoms with E-state index in [0.29, 0.717) is 12.5 Å². The summed E-state index contributed by atoms with van der Waals surface area (Å²) < 4.78 is 6.17. The van der Waals surface area contributed by atoms with E-state index in [1.807, 2.05) is 23.9 Å². The van der Waals surface area contributed by atoms with Gasteiger partial charge >= 0.3 is 0 Å². The molecular formula is C25H23NOS. The number of ether oxygens (including phenoxy) is 1. The van der Waals surface area contributed by atoms with E-state index in [2.05, 4.69) is 74.5 Å². The Balaban J connectivity index is 1.64. The fourth-order valence-electron chi connectivity index (χ4n) is 4.01. The van der Waals surface area contributed by atoms with Crippen molar-refractivity contribution >= 4 is 23.2 Å². The lowest BCUT2D eigenvalue weighted by Gasteiger charge is -2.31. The fourth-order valence-corrected chi connectivity index (χ4v) is 5.34. The van der Waals surface area contributed by atoms with Gasteiger partial charge in [-0.2, -0.15) is 0 Å². The van der Waals surface area contributed by atoms with Crippen LogP contribution in [0.5, 0.6) is 5.75 Å². The SMILES string of the molecule is CC(C)c1ccc(C2Sc3ccccc3N=C3c4ccccc4OCC32)cc1. The Morgan fingerprint density at radius 1 is 0.929 bits per heavy atom. The molecule has 0 N–H and O–H groups in total. The van der Waals surface area contributed by atoms with E-state index in [4.69, 9.17) is 9.73 Å². The zero-order valence-electron chi connectivity index (χ0n) is 16.1. The van der Waals surface area contributed by atoms with Crippen LogP contribution in [0.2, 0.25) is 0 Å². The highest BCUT2D eigenvalue weighted by atomic mass is 32.2. The van der Waals surface area contributed by atoms with Crippen molar-refractivity contribution in [3.8, 4) is 5.75 Å². The minimum absolute atomic E-state index is 0.220. The van der Waals surface area contributed by atoms with Crippen molar-refractivity contribution in [1.29, 1.82) is 0 Å². The highest BCUT2D eigenvalue weighted by Crippen LogP contribution is 2.50. The molecule has 2 atom stereocenters. The molecule has 0 amide bonds. The van der Waals surface area contributed by atoms with E-state index in [1.165, 1.54) is 16.0 Å². The average molecular weight is 386 g/mol. The number of thioether (sulfide) groups is 1. The molecule has 0 fully saturated rings. The maximum atomic E-state index is 6.17. The second kappa shape index (κ2) is 7.14. The van der Waals surface area contributed by atoms with Crippen LogP contribution in [0, 0.1) is 5.92 Å². The molecule has 0 aromatic heterocycles. The Kier molecular flexibility index (Phi) is 4.48. The number of rotatable bonds is 2. The molecule has 0 saturated carbocycles. The Morgan fingerprint density at radius 2 is 1.68 bits per heavy atom. The summed E-state index contributed by atoms with van der Waals surface area (Å²) in [7, 11) is 0. The lowest BCUT2D eigenvalue weighted by atomic mass is 9.87. The topological polar surface area (TPSA) is 21.6 Å². The standard InChI is InChI=1S/C25H23NOS/c1-16(2)17-11-13-18(14-12-17)25-20-15-27-22-9-5-3-7-19(22)24(20)26-21-8-4-6-10-23(21)28-25/h3-14,16,20,25H,15H2,1-2H3. The molecule has 2 nitrogen and oxygen atoms in total. The molecule has 2 aliphatic heterocycles. The van der Waals surface area contributed by atoms with Gasteiger partial charge in [0.25, 0.3) is 0 Å². The summed E-state index contributed by atoms with van der Waals surface area (Å²) in [6, 6.07) is 25.9. The first kappa shape index (κ1) is 17.6. The second-order valence-electron chi connectivity index (χ2n) is 7.74. The third-order valence-electron chi connectivity index (χ3n) is 5.59. The summed E-state index contributed by atoms with van der Waals surface area (Å²) in [5, 5.41) is 0.275. The third-order valence-corrected chi connectivity index (χ3v) is 7.04. The largest absolute Gasteiger partial charge is 0.492 e. The molecule has 0 saturated heterocycles. The molecule has 3 aromatic carbocycles. The zero-order chi connectivity index (χ0) is 19.1. The van der Waals surface area contributed by atoms with Crippen LogP contribution < -0.4 is 4.74 Å². The number of fused-ring (bicyclic) bond motifs is 4. The van der Waals surface area contributed by atoms with Gasteiger partial charge in [-0.25, -0.2) is 0 Å². The molecule has 0 aliphatic carbocycles. The molecule has 2 heterocycles. The molecule has 0 radical (unpaired) electrons. The molecule has 3 aromatic rings. The van der Waals surface area contributed by atoms with Crippen molar-refractivity contribution in [3.05, 3.63) is 89.5 Å². The average Bonchev–Trinajstić information content (AvgIpc) is 2.91. The Labute approximate surface area is 170 Å². The normalized spacial score (nSPS) is 20.3. The molecule has 2 aliphatic rings. The highest BCUT2D eigenvalue weighted by molar-refractivity contribution is 7.99. The summed E-state index contributed by atoms with van der Waals surface area (Å²) in [6.07, 6.45) is 0. The van der Waals surface area contributed by atoms with Crippen LogP contribution in [0.25, 0.3) is 0 Å². The number of hydrogen-bond donors (Lipinski definition) is 0. The number of aliphatic imine (C=N–C) groups is 1. The number of hydrogen-bond acceptors (Lipinski definition) is 3. The summed E-state index contributed by atoms with van der Waals surface area (Å²) in [4.78, 5) is 6.38. The molecule has 3 heteroatoms. The van der Waals surface area contributed by atoms with Crippen molar-refractivity contribution in [2.45, 2.75) is 29.9 Å². The Morgan fingerprint density at radius 3 is 2.50 bits per heavy atom. The van der Waals surface area contributed by atoms with Gasteiger partial charge in [0.15, 0.2) is 0 Å². The number of nitrogens with zero attached hydrogens (tertiary/aromatic N) is 1. The first-order valence-corrected chi connectivity index (χ1v) is 10.7. The fraction of sp³-hybridized carbons (Fsp3) is 0.240. The molecule has 5 rings (SSSR count). The van der Waals surface area contributed by atoms with Crippen molar-refractivity contribution in [1.82, 2.24) is 0 Å². The first-order chi connectivity index (χ1) is 13.7. The van der Waals surface area contributed by atoms with E-state index < -0.39 is 0 Å². The van der Waals surface area contributed by atoms with Crippen LogP contribution in [-0.4, -0.2) is 12.3 Å². The van der Waals surface area contributed by atoms with Gasteiger partial charge in [0.1, 0.15) is 5.75 Å². The molecular weight excluding hydrogens is 362 g/mol. The maximum absolute atomic E-state index is 6.17. The predicted molar refractivity (Wildman–Crippen MR) is 117 cm³/mol. The van der Waals surface area contributed by atoms with Crippen molar-refractivity contribution < 1.29 is 4.74 Å². The first-order valence-electron chi connectivity index (χ1n) is 9.87. The lowest BCUT2D eigenvalue weighted by molar-refractivity contribution is 0.271. The number of benzene rings is 3. The minimum Gasteiger partial charge on any atom is -0.492 e. The zero-order valence-corrected chi connectivity index (χ0v) is 16.9. The molecule has 28 heavy (non-hydrogen) atoms. The summed E-state index contributed by atoms with van der Waals surface area (Å²) in [5.74, 6) is 1.70. The van der Waals surface area contributed by atoms with Crippen molar-refractivity contribution in [2.75, 3.05) is 6.61 Å². The lowest BCUT2D eigenvalue weighted by Crippen LogP contribution is -2.31. The van der Waals surface area contributed by atoms with Crippen LogP contribution >= 0.6 is 11.8 Å². The van der Waals surface area contributed by atoms with Crippen LogP contribution in [0.3, 0.4) is 0 Å². The van der Waals surface area contributed by atoms with E-state index >= 15 is 0 Å². The Hall–Kier alpha value is -2.52. The summed E-state index contributed by atoms with van der Waals surface area (Å²) in [6.45, 7) is 5.14. The monoisotopic (exact) mass is 385 g/mol. The molecule has 0 bridgehead atoms. The van der Waals surface area contributed by atoms with Crippen LogP contribution in [0.15, 0.2) is 82.7 Å². The number of para-hydroxylation sites is 2. The molecule has 140 valence electrons. The van der Waals surface area contributed by atoms with Gasteiger partial charge in [0, 0.05) is 15.7 Å². The van der Waals surface area contributed by atoms with Crippen LogP contribution in [0.4, 0.5) is 5.69 Å². The summed E-state index contributed by atoms with van der Waals surface area (Å²) in [5.41, 5.74) is 6.05. The van der Waals surface area contributed by atoms with E-state index in [1.54, 1.807) is 0 Å². The van der Waals surface area contributed by atoms with Crippen LogP contribution in [0.1, 0.15) is 41.7 Å². The van der Waals surface area contributed by atoms with E-state index in [9.17, 15) is 0 Å². The predicted octanol–water partition coefficient (Wildman–Crippen LogP) is 6.79. The van der Waals surface area contributed by atoms with Gasteiger partial charge < -0.3 is 4.74 Å². The van der Waals surface area contributed by atoms with E-state index in [-0.39, 0.29) is 11.2 Å². The Bertz CT molecular complexity index is 1040. The third kappa shape index (κ3) is 3.04. The van der Waals surface area contributed by atoms with Gasteiger partial charge in [-0.1, -0.05) is 62.4 Å². The second-order valence-corrected chi connectivity index (χ2v) is 8.92.